The average molecular weight is 349 g/mol. The summed E-state index contributed by atoms with van der Waals surface area (Å²) < 4.78 is 18.4. The van der Waals surface area contributed by atoms with Crippen LogP contribution in [0.1, 0.15) is 11.1 Å². The number of hydrogen-bond acceptors (Lipinski definition) is 3. The lowest BCUT2D eigenvalue weighted by Gasteiger charge is -2.35. The van der Waals surface area contributed by atoms with Crippen molar-refractivity contribution in [1.82, 2.24) is 9.80 Å². The Morgan fingerprint density at radius 3 is 2.38 bits per heavy atom. The number of rotatable bonds is 5. The molecular weight excluding hydrogens is 327 g/mol. The number of piperazine rings is 1. The molecule has 2 aromatic carbocycles. The molecule has 1 aliphatic rings. The molecule has 0 bridgehead atoms. The Morgan fingerprint density at radius 1 is 1.00 bits per heavy atom. The summed E-state index contributed by atoms with van der Waals surface area (Å²) in [5.74, 6) is 0.615. The van der Waals surface area contributed by atoms with Gasteiger partial charge in [0.25, 0.3) is 0 Å². The van der Waals surface area contributed by atoms with Gasteiger partial charge in [-0.25, -0.2) is 4.39 Å². The molecule has 1 fully saturated rings. The zero-order valence-electron chi connectivity index (χ0n) is 13.8. The lowest BCUT2D eigenvalue weighted by atomic mass is 10.1. The molecule has 24 heavy (non-hydrogen) atoms. The second-order valence-electron chi connectivity index (χ2n) is 6.14. The zero-order valence-corrected chi connectivity index (χ0v) is 14.6. The summed E-state index contributed by atoms with van der Waals surface area (Å²) in [5, 5.41) is 0.508. The van der Waals surface area contributed by atoms with Crippen molar-refractivity contribution in [2.45, 2.75) is 13.1 Å². The molecule has 0 unspecified atom stereocenters. The Balaban J connectivity index is 1.52. The highest BCUT2D eigenvalue weighted by atomic mass is 35.5. The van der Waals surface area contributed by atoms with Crippen LogP contribution in [-0.4, -0.2) is 43.1 Å². The predicted molar refractivity (Wildman–Crippen MR) is 95.0 cm³/mol. The van der Waals surface area contributed by atoms with E-state index in [-0.39, 0.29) is 5.82 Å². The summed E-state index contributed by atoms with van der Waals surface area (Å²) in [7, 11) is 1.69. The molecule has 0 aliphatic carbocycles. The maximum absolute atomic E-state index is 13.1. The molecule has 1 aliphatic heterocycles. The van der Waals surface area contributed by atoms with E-state index in [0.717, 1.165) is 50.6 Å². The monoisotopic (exact) mass is 348 g/mol. The fourth-order valence-corrected chi connectivity index (χ4v) is 3.25. The third-order valence-corrected chi connectivity index (χ3v) is 4.77. The Bertz CT molecular complexity index is 687. The van der Waals surface area contributed by atoms with Gasteiger partial charge >= 0.3 is 0 Å². The lowest BCUT2D eigenvalue weighted by Crippen LogP contribution is -2.45. The Kier molecular flexibility index (Phi) is 5.72. The van der Waals surface area contributed by atoms with Crippen LogP contribution in [-0.2, 0) is 13.1 Å². The van der Waals surface area contributed by atoms with E-state index in [4.69, 9.17) is 16.3 Å². The second-order valence-corrected chi connectivity index (χ2v) is 6.55. The van der Waals surface area contributed by atoms with Crippen molar-refractivity contribution in [3.63, 3.8) is 0 Å². The van der Waals surface area contributed by atoms with Gasteiger partial charge in [0.2, 0.25) is 0 Å². The maximum Gasteiger partial charge on any atom is 0.124 e. The van der Waals surface area contributed by atoms with Gasteiger partial charge in [-0.1, -0.05) is 29.8 Å². The van der Waals surface area contributed by atoms with Gasteiger partial charge in [-0.15, -0.1) is 0 Å². The first-order valence-electron chi connectivity index (χ1n) is 8.15. The van der Waals surface area contributed by atoms with Gasteiger partial charge in [-0.3, -0.25) is 9.80 Å². The van der Waals surface area contributed by atoms with E-state index in [0.29, 0.717) is 5.02 Å². The summed E-state index contributed by atoms with van der Waals surface area (Å²) in [6, 6.07) is 12.9. The Hall–Kier alpha value is -1.62. The minimum atomic E-state index is -0.285. The number of hydrogen-bond donors (Lipinski definition) is 0. The normalized spacial score (nSPS) is 16.3. The Labute approximate surface area is 147 Å². The van der Waals surface area contributed by atoms with E-state index in [1.165, 1.54) is 17.7 Å². The van der Waals surface area contributed by atoms with Gasteiger partial charge in [0.05, 0.1) is 7.11 Å². The van der Waals surface area contributed by atoms with Gasteiger partial charge < -0.3 is 4.74 Å². The van der Waals surface area contributed by atoms with Crippen LogP contribution in [0.3, 0.4) is 0 Å². The molecule has 0 atom stereocenters. The molecular formula is C19H22ClFN2O. The van der Waals surface area contributed by atoms with Crippen molar-refractivity contribution < 1.29 is 9.13 Å². The third-order valence-electron chi connectivity index (χ3n) is 4.41. The highest BCUT2D eigenvalue weighted by molar-refractivity contribution is 6.31. The number of nitrogens with zero attached hydrogens (tertiary/aromatic N) is 2. The molecule has 0 saturated carbocycles. The van der Waals surface area contributed by atoms with Gasteiger partial charge in [0.1, 0.15) is 11.6 Å². The standard InChI is InChI=1S/C19H22ClFN2O/c1-24-18-4-2-3-15(11-18)13-22-7-9-23(10-8-22)14-16-5-6-17(21)12-19(16)20/h2-6,11-12H,7-10,13-14H2,1H3. The van der Waals surface area contributed by atoms with E-state index in [1.54, 1.807) is 13.2 Å². The highest BCUT2D eigenvalue weighted by Crippen LogP contribution is 2.20. The molecule has 1 heterocycles. The van der Waals surface area contributed by atoms with E-state index in [9.17, 15) is 4.39 Å². The van der Waals surface area contributed by atoms with Crippen LogP contribution in [0.25, 0.3) is 0 Å². The van der Waals surface area contributed by atoms with Crippen molar-refractivity contribution in [2.75, 3.05) is 33.3 Å². The number of methoxy groups -OCH3 is 1. The van der Waals surface area contributed by atoms with Gasteiger partial charge in [0.15, 0.2) is 0 Å². The number of ether oxygens (including phenoxy) is 1. The van der Waals surface area contributed by atoms with Crippen LogP contribution in [0.5, 0.6) is 5.75 Å². The molecule has 0 radical (unpaired) electrons. The molecule has 0 aromatic heterocycles. The largest absolute Gasteiger partial charge is 0.497 e. The Morgan fingerprint density at radius 2 is 1.71 bits per heavy atom. The highest BCUT2D eigenvalue weighted by Gasteiger charge is 2.18. The van der Waals surface area contributed by atoms with E-state index in [1.807, 2.05) is 12.1 Å². The summed E-state index contributed by atoms with van der Waals surface area (Å²) in [5.41, 5.74) is 2.25. The van der Waals surface area contributed by atoms with Crippen LogP contribution < -0.4 is 4.74 Å². The van der Waals surface area contributed by atoms with Crippen molar-refractivity contribution in [3.05, 3.63) is 64.4 Å². The van der Waals surface area contributed by atoms with E-state index >= 15 is 0 Å². The second kappa shape index (κ2) is 7.97. The van der Waals surface area contributed by atoms with Gasteiger partial charge in [-0.2, -0.15) is 0 Å². The summed E-state index contributed by atoms with van der Waals surface area (Å²) in [4.78, 5) is 4.80. The minimum Gasteiger partial charge on any atom is -0.497 e. The van der Waals surface area contributed by atoms with Gasteiger partial charge in [-0.05, 0) is 35.4 Å². The first-order chi connectivity index (χ1) is 11.6. The fourth-order valence-electron chi connectivity index (χ4n) is 3.03. The lowest BCUT2D eigenvalue weighted by molar-refractivity contribution is 0.122. The van der Waals surface area contributed by atoms with Crippen LogP contribution in [0.2, 0.25) is 5.02 Å². The topological polar surface area (TPSA) is 15.7 Å². The van der Waals surface area contributed by atoms with Crippen molar-refractivity contribution >= 4 is 11.6 Å². The molecule has 3 rings (SSSR count). The molecule has 0 N–H and O–H groups in total. The number of halogens is 2. The first kappa shape index (κ1) is 17.2. The average Bonchev–Trinajstić information content (AvgIpc) is 2.59. The van der Waals surface area contributed by atoms with Crippen LogP contribution in [0.15, 0.2) is 42.5 Å². The van der Waals surface area contributed by atoms with E-state index in [2.05, 4.69) is 21.9 Å². The van der Waals surface area contributed by atoms with Crippen molar-refractivity contribution in [3.8, 4) is 5.75 Å². The summed E-state index contributed by atoms with van der Waals surface area (Å²) >= 11 is 6.12. The predicted octanol–water partition coefficient (Wildman–Crippen LogP) is 3.81. The first-order valence-corrected chi connectivity index (χ1v) is 8.53. The smallest absolute Gasteiger partial charge is 0.124 e. The SMILES string of the molecule is COc1cccc(CN2CCN(Cc3ccc(F)cc3Cl)CC2)c1. The van der Waals surface area contributed by atoms with Crippen LogP contribution in [0.4, 0.5) is 4.39 Å². The van der Waals surface area contributed by atoms with E-state index < -0.39 is 0 Å². The third kappa shape index (κ3) is 4.47. The molecule has 0 amide bonds. The van der Waals surface area contributed by atoms with Crippen LogP contribution >= 0.6 is 11.6 Å². The summed E-state index contributed by atoms with van der Waals surface area (Å²) in [6.45, 7) is 5.69. The molecule has 0 spiro atoms. The fraction of sp³-hybridized carbons (Fsp3) is 0.368. The van der Waals surface area contributed by atoms with Gasteiger partial charge in [0, 0.05) is 44.3 Å². The molecule has 5 heteroatoms. The minimum absolute atomic E-state index is 0.285. The van der Waals surface area contributed by atoms with Crippen LogP contribution in [0, 0.1) is 5.82 Å². The molecule has 2 aromatic rings. The molecule has 1 saturated heterocycles. The van der Waals surface area contributed by atoms with Crippen molar-refractivity contribution in [1.29, 1.82) is 0 Å². The summed E-state index contributed by atoms with van der Waals surface area (Å²) in [6.07, 6.45) is 0. The maximum atomic E-state index is 13.1. The van der Waals surface area contributed by atoms with Crippen molar-refractivity contribution in [2.24, 2.45) is 0 Å². The molecule has 3 nitrogen and oxygen atoms in total. The zero-order chi connectivity index (χ0) is 16.9. The number of benzene rings is 2. The molecule has 128 valence electrons. The quantitative estimate of drug-likeness (QED) is 0.817.